The zero-order valence-corrected chi connectivity index (χ0v) is 23.5. The van der Waals surface area contributed by atoms with Crippen LogP contribution in [-0.4, -0.2) is 56.5 Å². The minimum absolute atomic E-state index is 0.101. The Morgan fingerprint density at radius 1 is 1.10 bits per heavy atom. The van der Waals surface area contributed by atoms with Crippen molar-refractivity contribution in [3.63, 3.8) is 0 Å². The Kier molecular flexibility index (Phi) is 7.02. The summed E-state index contributed by atoms with van der Waals surface area (Å²) in [5.74, 6) is 1.60. The number of carboxylic acids is 1. The van der Waals surface area contributed by atoms with Crippen LogP contribution in [0.25, 0.3) is 11.0 Å². The van der Waals surface area contributed by atoms with Crippen molar-refractivity contribution in [3.05, 3.63) is 40.3 Å². The number of aromatic nitrogens is 2. The molecule has 5 aliphatic rings. The lowest BCUT2D eigenvalue weighted by Gasteiger charge is -2.60. The first-order chi connectivity index (χ1) is 18.7. The Balaban J connectivity index is 1.24. The summed E-state index contributed by atoms with van der Waals surface area (Å²) in [4.78, 5) is 37.1. The number of oxime groups is 1. The lowest BCUT2D eigenvalue weighted by Crippen LogP contribution is -2.55. The van der Waals surface area contributed by atoms with E-state index in [-0.39, 0.29) is 17.3 Å². The van der Waals surface area contributed by atoms with Crippen LogP contribution < -0.4 is 5.56 Å². The highest BCUT2D eigenvalue weighted by atomic mass is 16.6. The van der Waals surface area contributed by atoms with E-state index in [1.54, 1.807) is 6.92 Å². The normalized spacial score (nSPS) is 32.0. The molecule has 3 saturated carbocycles. The Bertz CT molecular complexity index is 1320. The van der Waals surface area contributed by atoms with Crippen molar-refractivity contribution in [3.8, 4) is 0 Å². The van der Waals surface area contributed by atoms with E-state index in [0.717, 1.165) is 41.6 Å². The zero-order chi connectivity index (χ0) is 27.3. The maximum atomic E-state index is 13.9. The summed E-state index contributed by atoms with van der Waals surface area (Å²) in [5.41, 5.74) is 2.48. The summed E-state index contributed by atoms with van der Waals surface area (Å²) in [6.07, 6.45) is 11.2. The van der Waals surface area contributed by atoms with Gasteiger partial charge in [-0.25, -0.2) is 9.78 Å². The molecular weight excluding hydrogens is 492 g/mol. The Labute approximate surface area is 230 Å². The van der Waals surface area contributed by atoms with Gasteiger partial charge < -0.3 is 14.5 Å². The van der Waals surface area contributed by atoms with Gasteiger partial charge >= 0.3 is 5.97 Å². The maximum Gasteiger partial charge on any atom is 0.344 e. The summed E-state index contributed by atoms with van der Waals surface area (Å²) < 4.78 is 1.95. The van der Waals surface area contributed by atoms with Gasteiger partial charge in [0.1, 0.15) is 5.71 Å². The molecule has 1 N–H and O–H groups in total. The quantitative estimate of drug-likeness (QED) is 0.367. The lowest BCUT2D eigenvalue weighted by atomic mass is 9.45. The molecule has 5 fully saturated rings. The summed E-state index contributed by atoms with van der Waals surface area (Å²) in [7, 11) is 0. The number of aliphatic carboxylic acids is 1. The molecule has 0 radical (unpaired) electrons. The van der Waals surface area contributed by atoms with Crippen molar-refractivity contribution in [2.24, 2.45) is 28.3 Å². The van der Waals surface area contributed by atoms with Gasteiger partial charge in [-0.2, -0.15) is 0 Å². The second kappa shape index (κ2) is 10.3. The lowest BCUT2D eigenvalue weighted by molar-refractivity contribution is -0.142. The number of para-hydroxylation sites is 2. The van der Waals surface area contributed by atoms with Gasteiger partial charge in [0, 0.05) is 18.1 Å². The molecule has 3 heterocycles. The van der Waals surface area contributed by atoms with Gasteiger partial charge in [0.25, 0.3) is 5.56 Å². The Morgan fingerprint density at radius 3 is 2.54 bits per heavy atom. The van der Waals surface area contributed by atoms with Gasteiger partial charge in [0.2, 0.25) is 6.61 Å². The van der Waals surface area contributed by atoms with E-state index in [1.165, 1.54) is 51.5 Å². The smallest absolute Gasteiger partial charge is 0.344 e. The van der Waals surface area contributed by atoms with Crippen LogP contribution in [0.1, 0.15) is 90.3 Å². The zero-order valence-electron chi connectivity index (χ0n) is 23.5. The van der Waals surface area contributed by atoms with E-state index in [9.17, 15) is 9.59 Å². The van der Waals surface area contributed by atoms with Crippen molar-refractivity contribution in [2.45, 2.75) is 96.7 Å². The van der Waals surface area contributed by atoms with Crippen LogP contribution in [0.4, 0.5) is 0 Å². The number of carboxylic acid groups (broad SMARTS) is 1. The highest BCUT2D eigenvalue weighted by Crippen LogP contribution is 2.62. The molecule has 0 spiro atoms. The SMILES string of the molecule is CC(=NOCC(=O)O)c1nc2ccccc2n(C2C[C@H]3CCC[C@@H](C2)N3CCC2CC[C@H]3C[C@@H]2C3(C)C)c1=O. The van der Waals surface area contributed by atoms with Gasteiger partial charge in [-0.1, -0.05) is 37.6 Å². The Morgan fingerprint density at radius 2 is 1.85 bits per heavy atom. The number of hydrogen-bond donors (Lipinski definition) is 1. The van der Waals surface area contributed by atoms with Crippen LogP contribution in [0.2, 0.25) is 0 Å². The summed E-state index contributed by atoms with van der Waals surface area (Å²) in [6, 6.07) is 8.91. The molecule has 0 amide bonds. The molecular formula is C31H42N4O4. The van der Waals surface area contributed by atoms with Crippen LogP contribution in [-0.2, 0) is 9.63 Å². The Hall–Kier alpha value is -2.74. The van der Waals surface area contributed by atoms with Crippen LogP contribution in [0.15, 0.2) is 34.2 Å². The van der Waals surface area contributed by atoms with Crippen LogP contribution in [0, 0.1) is 23.2 Å². The highest BCUT2D eigenvalue weighted by Gasteiger charge is 2.54. The molecule has 1 aromatic carbocycles. The van der Waals surface area contributed by atoms with E-state index in [0.29, 0.717) is 23.2 Å². The molecule has 2 aromatic rings. The third kappa shape index (κ3) is 4.79. The second-order valence-corrected chi connectivity index (χ2v) is 13.1. The maximum absolute atomic E-state index is 13.9. The minimum atomic E-state index is -1.11. The second-order valence-electron chi connectivity index (χ2n) is 13.1. The molecule has 2 unspecified atom stereocenters. The summed E-state index contributed by atoms with van der Waals surface area (Å²) in [6.45, 7) is 7.27. The number of fused-ring (bicyclic) bond motifs is 5. The minimum Gasteiger partial charge on any atom is -0.479 e. The van der Waals surface area contributed by atoms with Crippen molar-refractivity contribution in [2.75, 3.05) is 13.2 Å². The highest BCUT2D eigenvalue weighted by molar-refractivity contribution is 5.97. The van der Waals surface area contributed by atoms with E-state index in [1.807, 2.05) is 28.8 Å². The third-order valence-corrected chi connectivity index (χ3v) is 10.8. The number of piperidine rings is 2. The van der Waals surface area contributed by atoms with Gasteiger partial charge in [0.05, 0.1) is 11.0 Å². The molecule has 4 bridgehead atoms. The van der Waals surface area contributed by atoms with E-state index >= 15 is 0 Å². The number of benzene rings is 1. The molecule has 210 valence electrons. The molecule has 6 atom stereocenters. The molecule has 2 saturated heterocycles. The molecule has 8 heteroatoms. The van der Waals surface area contributed by atoms with Gasteiger partial charge in [0.15, 0.2) is 5.69 Å². The fourth-order valence-corrected chi connectivity index (χ4v) is 8.63. The number of hydrogen-bond acceptors (Lipinski definition) is 6. The fraction of sp³-hybridized carbons (Fsp3) is 0.677. The van der Waals surface area contributed by atoms with Crippen LogP contribution in [0.5, 0.6) is 0 Å². The van der Waals surface area contributed by atoms with E-state index in [2.05, 4.69) is 28.9 Å². The van der Waals surface area contributed by atoms with Crippen molar-refractivity contribution in [1.29, 1.82) is 0 Å². The molecule has 3 aliphatic carbocycles. The van der Waals surface area contributed by atoms with Gasteiger partial charge in [-0.3, -0.25) is 9.69 Å². The molecule has 1 aromatic heterocycles. The third-order valence-electron chi connectivity index (χ3n) is 10.8. The van der Waals surface area contributed by atoms with Crippen molar-refractivity contribution < 1.29 is 14.7 Å². The monoisotopic (exact) mass is 534 g/mol. The first-order valence-electron chi connectivity index (χ1n) is 14.9. The predicted molar refractivity (Wildman–Crippen MR) is 151 cm³/mol. The number of rotatable bonds is 8. The summed E-state index contributed by atoms with van der Waals surface area (Å²) in [5, 5.41) is 12.8. The number of nitrogens with zero attached hydrogens (tertiary/aromatic N) is 4. The molecule has 2 aliphatic heterocycles. The molecule has 39 heavy (non-hydrogen) atoms. The first-order valence-corrected chi connectivity index (χ1v) is 14.9. The van der Waals surface area contributed by atoms with Crippen molar-refractivity contribution >= 4 is 22.7 Å². The molecule has 8 nitrogen and oxygen atoms in total. The topological polar surface area (TPSA) is 97.0 Å². The fourth-order valence-electron chi connectivity index (χ4n) is 8.63. The predicted octanol–water partition coefficient (Wildman–Crippen LogP) is 5.24. The largest absolute Gasteiger partial charge is 0.479 e. The van der Waals surface area contributed by atoms with Crippen LogP contribution in [0.3, 0.4) is 0 Å². The van der Waals surface area contributed by atoms with Crippen LogP contribution >= 0.6 is 0 Å². The summed E-state index contributed by atoms with van der Waals surface area (Å²) >= 11 is 0. The van der Waals surface area contributed by atoms with Crippen molar-refractivity contribution in [1.82, 2.24) is 14.5 Å². The standard InChI is InChI=1S/C31H42N4O4/c1-19(33-39-18-28(36)37)29-30(38)35(27-10-5-4-9-26(27)32-29)24-16-22-7-6-8-23(17-24)34(22)14-13-20-11-12-21-15-25(20)31(21,2)3/h4-5,9-10,20-25H,6-8,11-18H2,1-3H3,(H,36,37)/t20?,21-,22-,23+,24?,25-/m0/s1. The number of carbonyl (C=O) groups is 1. The van der Waals surface area contributed by atoms with Gasteiger partial charge in [-0.05, 0) is 100 Å². The van der Waals surface area contributed by atoms with E-state index in [4.69, 9.17) is 9.94 Å². The average molecular weight is 535 g/mol. The molecule has 7 rings (SSSR count). The first kappa shape index (κ1) is 26.5. The average Bonchev–Trinajstić information content (AvgIpc) is 2.91. The van der Waals surface area contributed by atoms with E-state index < -0.39 is 12.6 Å². The van der Waals surface area contributed by atoms with Gasteiger partial charge in [-0.15, -0.1) is 0 Å².